The van der Waals surface area contributed by atoms with Crippen molar-refractivity contribution in [1.29, 1.82) is 0 Å². The molecule has 5 nitrogen and oxygen atoms in total. The Morgan fingerprint density at radius 2 is 2.13 bits per heavy atom. The van der Waals surface area contributed by atoms with Crippen LogP contribution in [-0.4, -0.2) is 31.9 Å². The fourth-order valence-corrected chi connectivity index (χ4v) is 3.04. The number of nitrogens with one attached hydrogen (secondary N) is 1. The minimum atomic E-state index is -0.128. The van der Waals surface area contributed by atoms with Crippen LogP contribution in [0.2, 0.25) is 0 Å². The van der Waals surface area contributed by atoms with Crippen LogP contribution in [-0.2, 0) is 0 Å². The van der Waals surface area contributed by atoms with E-state index in [-0.39, 0.29) is 6.10 Å². The summed E-state index contributed by atoms with van der Waals surface area (Å²) >= 11 is 0. The normalized spacial score (nSPS) is 22.0. The van der Waals surface area contributed by atoms with Gasteiger partial charge in [-0.05, 0) is 50.3 Å². The Kier molecular flexibility index (Phi) is 5.28. The van der Waals surface area contributed by atoms with Gasteiger partial charge in [-0.1, -0.05) is 25.8 Å². The minimum absolute atomic E-state index is 0.128. The molecule has 2 aromatic rings. The summed E-state index contributed by atoms with van der Waals surface area (Å²) in [5.41, 5.74) is 1.88. The van der Waals surface area contributed by atoms with Crippen LogP contribution in [0.4, 0.5) is 5.82 Å². The van der Waals surface area contributed by atoms with Crippen LogP contribution < -0.4 is 5.32 Å². The molecule has 0 unspecified atom stereocenters. The molecule has 23 heavy (non-hydrogen) atoms. The summed E-state index contributed by atoms with van der Waals surface area (Å²) in [5.74, 6) is 0.875. The minimum Gasteiger partial charge on any atom is -0.393 e. The highest BCUT2D eigenvalue weighted by Gasteiger charge is 2.19. The number of rotatable bonds is 6. The van der Waals surface area contributed by atoms with Crippen molar-refractivity contribution >= 4 is 17.5 Å². The van der Waals surface area contributed by atoms with E-state index >= 15 is 0 Å². The summed E-state index contributed by atoms with van der Waals surface area (Å²) in [7, 11) is 0. The molecular weight excluding hydrogens is 288 g/mol. The van der Waals surface area contributed by atoms with Gasteiger partial charge >= 0.3 is 0 Å². The fourth-order valence-electron chi connectivity index (χ4n) is 3.04. The molecule has 0 spiro atoms. The third-order valence-electron chi connectivity index (χ3n) is 4.45. The maximum atomic E-state index is 9.60. The maximum absolute atomic E-state index is 9.60. The van der Waals surface area contributed by atoms with Gasteiger partial charge in [0.15, 0.2) is 5.65 Å². The van der Waals surface area contributed by atoms with Gasteiger partial charge in [-0.3, -0.25) is 0 Å². The number of aliphatic hydroxyl groups is 1. The second-order valence-electron chi connectivity index (χ2n) is 6.37. The van der Waals surface area contributed by atoms with Gasteiger partial charge in [-0.25, -0.2) is 9.50 Å². The van der Waals surface area contributed by atoms with Gasteiger partial charge in [0.25, 0.3) is 0 Å². The molecular formula is C18H26N4O. The number of nitrogens with zero attached hydrogens (tertiary/aromatic N) is 3. The Morgan fingerprint density at radius 3 is 2.91 bits per heavy atom. The van der Waals surface area contributed by atoms with Crippen molar-refractivity contribution < 1.29 is 5.11 Å². The maximum Gasteiger partial charge on any atom is 0.154 e. The number of aliphatic hydroxyl groups excluding tert-OH is 1. The first-order valence-electron chi connectivity index (χ1n) is 8.72. The van der Waals surface area contributed by atoms with Crippen LogP contribution in [0.15, 0.2) is 24.4 Å². The Hall–Kier alpha value is -1.88. The lowest BCUT2D eigenvalue weighted by Gasteiger charge is -2.26. The number of unbranched alkanes of at least 4 members (excludes halogenated alkanes) is 2. The molecule has 2 heterocycles. The average molecular weight is 314 g/mol. The van der Waals surface area contributed by atoms with Gasteiger partial charge in [0.2, 0.25) is 0 Å². The molecule has 1 fully saturated rings. The van der Waals surface area contributed by atoms with Crippen LogP contribution in [0.25, 0.3) is 11.7 Å². The largest absolute Gasteiger partial charge is 0.393 e. The van der Waals surface area contributed by atoms with E-state index < -0.39 is 0 Å². The molecule has 2 aromatic heterocycles. The predicted molar refractivity (Wildman–Crippen MR) is 93.4 cm³/mol. The molecule has 1 aliphatic carbocycles. The van der Waals surface area contributed by atoms with Crippen molar-refractivity contribution in [2.45, 2.75) is 64.0 Å². The molecule has 0 amide bonds. The molecule has 2 N–H and O–H groups in total. The molecule has 0 atom stereocenters. The summed E-state index contributed by atoms with van der Waals surface area (Å²) in [4.78, 5) is 4.40. The number of imidazole rings is 1. The van der Waals surface area contributed by atoms with Crippen molar-refractivity contribution in [3.63, 3.8) is 0 Å². The Balaban J connectivity index is 1.71. The molecule has 1 aliphatic rings. The first-order chi connectivity index (χ1) is 11.3. The summed E-state index contributed by atoms with van der Waals surface area (Å²) in [6.07, 6.45) is 13.3. The summed E-state index contributed by atoms with van der Waals surface area (Å²) in [5, 5.41) is 17.8. The van der Waals surface area contributed by atoms with Crippen LogP contribution >= 0.6 is 0 Å². The van der Waals surface area contributed by atoms with Gasteiger partial charge in [0.05, 0.1) is 18.0 Å². The number of hydrogen-bond acceptors (Lipinski definition) is 4. The van der Waals surface area contributed by atoms with Crippen molar-refractivity contribution in [2.75, 3.05) is 5.32 Å². The van der Waals surface area contributed by atoms with E-state index in [1.54, 1.807) is 0 Å². The van der Waals surface area contributed by atoms with Gasteiger partial charge < -0.3 is 10.4 Å². The highest BCUT2D eigenvalue weighted by atomic mass is 16.3. The average Bonchev–Trinajstić information content (AvgIpc) is 2.96. The van der Waals surface area contributed by atoms with Gasteiger partial charge in [-0.2, -0.15) is 0 Å². The van der Waals surface area contributed by atoms with Crippen LogP contribution in [0.5, 0.6) is 0 Å². The number of fused-ring (bicyclic) bond motifs is 1. The standard InChI is InChI=1S/C18H26N4O/c1-2-3-4-5-6-15-13-19-18-12-11-17(21-22(15)18)20-14-7-9-16(23)10-8-14/h5-6,11-14,16,23H,2-4,7-10H2,1H3,(H,20,21)/b6-5+/t14-,16-. The van der Waals surface area contributed by atoms with E-state index in [9.17, 15) is 5.11 Å². The second-order valence-corrected chi connectivity index (χ2v) is 6.37. The highest BCUT2D eigenvalue weighted by molar-refractivity contribution is 5.53. The molecule has 0 bridgehead atoms. The Labute approximate surface area is 137 Å². The zero-order chi connectivity index (χ0) is 16.1. The third kappa shape index (κ3) is 4.10. The summed E-state index contributed by atoms with van der Waals surface area (Å²) < 4.78 is 1.89. The van der Waals surface area contributed by atoms with Crippen molar-refractivity contribution in [1.82, 2.24) is 14.6 Å². The molecule has 0 aromatic carbocycles. The molecule has 3 rings (SSSR count). The first kappa shape index (κ1) is 16.0. The van der Waals surface area contributed by atoms with Crippen LogP contribution in [0, 0.1) is 0 Å². The number of aromatic nitrogens is 3. The summed E-state index contributed by atoms with van der Waals surface area (Å²) in [6.45, 7) is 2.20. The highest BCUT2D eigenvalue weighted by Crippen LogP contribution is 2.21. The Bertz CT molecular complexity index is 656. The molecule has 5 heteroatoms. The molecule has 124 valence electrons. The Morgan fingerprint density at radius 1 is 1.30 bits per heavy atom. The zero-order valence-corrected chi connectivity index (χ0v) is 13.8. The predicted octanol–water partition coefficient (Wildman–Crippen LogP) is 3.65. The summed E-state index contributed by atoms with van der Waals surface area (Å²) in [6, 6.07) is 4.38. The lowest BCUT2D eigenvalue weighted by Crippen LogP contribution is -2.28. The van der Waals surface area contributed by atoms with E-state index in [2.05, 4.69) is 34.5 Å². The lowest BCUT2D eigenvalue weighted by molar-refractivity contribution is 0.126. The van der Waals surface area contributed by atoms with Crippen LogP contribution in [0.1, 0.15) is 57.6 Å². The number of anilines is 1. The van der Waals surface area contributed by atoms with Crippen molar-refractivity contribution in [3.8, 4) is 0 Å². The fraction of sp³-hybridized carbons (Fsp3) is 0.556. The molecule has 1 saturated carbocycles. The van der Waals surface area contributed by atoms with Crippen molar-refractivity contribution in [2.24, 2.45) is 0 Å². The quantitative estimate of drug-likeness (QED) is 0.799. The number of allylic oxidation sites excluding steroid dienone is 1. The van der Waals surface area contributed by atoms with Gasteiger partial charge in [0.1, 0.15) is 5.82 Å². The topological polar surface area (TPSA) is 62.5 Å². The second kappa shape index (κ2) is 7.59. The smallest absolute Gasteiger partial charge is 0.154 e. The molecule has 0 saturated heterocycles. The van der Waals surface area contributed by atoms with Crippen LogP contribution in [0.3, 0.4) is 0 Å². The molecule has 0 radical (unpaired) electrons. The molecule has 0 aliphatic heterocycles. The lowest BCUT2D eigenvalue weighted by atomic mass is 9.93. The van der Waals surface area contributed by atoms with Gasteiger partial charge in [-0.15, -0.1) is 5.10 Å². The third-order valence-corrected chi connectivity index (χ3v) is 4.45. The van der Waals surface area contributed by atoms with Crippen molar-refractivity contribution in [3.05, 3.63) is 30.1 Å². The van der Waals surface area contributed by atoms with Gasteiger partial charge in [0, 0.05) is 6.04 Å². The van der Waals surface area contributed by atoms with E-state index in [0.717, 1.165) is 49.3 Å². The SMILES string of the molecule is CCCC/C=C/c1cnc2ccc(N[C@H]3CC[C@H](O)CC3)nn12. The zero-order valence-electron chi connectivity index (χ0n) is 13.8. The van der Waals surface area contributed by atoms with E-state index in [0.29, 0.717) is 6.04 Å². The monoisotopic (exact) mass is 314 g/mol. The first-order valence-corrected chi connectivity index (χ1v) is 8.72. The van der Waals surface area contributed by atoms with E-state index in [1.165, 1.54) is 12.8 Å². The number of hydrogen-bond donors (Lipinski definition) is 2. The van der Waals surface area contributed by atoms with E-state index in [1.807, 2.05) is 22.8 Å². The van der Waals surface area contributed by atoms with E-state index in [4.69, 9.17) is 0 Å².